The average molecular weight is 405 g/mol. The minimum absolute atomic E-state index is 0.135. The summed E-state index contributed by atoms with van der Waals surface area (Å²) in [6.45, 7) is 6.27. The first kappa shape index (κ1) is 20.1. The van der Waals surface area contributed by atoms with Crippen LogP contribution in [0.2, 0.25) is 5.02 Å². The summed E-state index contributed by atoms with van der Waals surface area (Å²) >= 11 is 6.04. The van der Waals surface area contributed by atoms with Crippen LogP contribution in [0.15, 0.2) is 30.3 Å². The Bertz CT molecular complexity index is 872. The van der Waals surface area contributed by atoms with E-state index in [0.717, 1.165) is 23.4 Å². The Balaban J connectivity index is 1.77. The maximum Gasteiger partial charge on any atom is 0.246 e. The molecule has 0 bridgehead atoms. The molecule has 1 amide bonds. The Kier molecular flexibility index (Phi) is 6.19. The van der Waals surface area contributed by atoms with E-state index in [1.165, 1.54) is 0 Å². The minimum atomic E-state index is -0.528. The number of amides is 1. The molecule has 2 N–H and O–H groups in total. The van der Waals surface area contributed by atoms with E-state index < -0.39 is 6.04 Å². The molecule has 150 valence electrons. The number of fused-ring (bicyclic) bond motifs is 1. The summed E-state index contributed by atoms with van der Waals surface area (Å²) in [7, 11) is 1.54. The molecule has 0 aliphatic carbocycles. The fraction of sp³-hybridized carbons (Fsp3) is 0.381. The van der Waals surface area contributed by atoms with Gasteiger partial charge in [0.25, 0.3) is 0 Å². The van der Waals surface area contributed by atoms with Crippen molar-refractivity contribution in [2.45, 2.75) is 39.3 Å². The molecule has 0 saturated carbocycles. The van der Waals surface area contributed by atoms with E-state index in [1.807, 2.05) is 26.0 Å². The molecule has 1 aliphatic rings. The third-order valence-electron chi connectivity index (χ3n) is 4.48. The molecule has 0 radical (unpaired) electrons. The third-order valence-corrected chi connectivity index (χ3v) is 4.72. The Morgan fingerprint density at radius 1 is 1.29 bits per heavy atom. The van der Waals surface area contributed by atoms with Crippen LogP contribution in [-0.4, -0.2) is 31.8 Å². The summed E-state index contributed by atoms with van der Waals surface area (Å²) in [6, 6.07) is 8.42. The normalized spacial score (nSPS) is 16.0. The van der Waals surface area contributed by atoms with Crippen LogP contribution in [0.1, 0.15) is 26.3 Å². The summed E-state index contributed by atoms with van der Waals surface area (Å²) in [4.78, 5) is 12.7. The van der Waals surface area contributed by atoms with Gasteiger partial charge in [0, 0.05) is 23.1 Å². The van der Waals surface area contributed by atoms with Crippen LogP contribution in [-0.2, 0) is 11.2 Å². The van der Waals surface area contributed by atoms with E-state index in [0.29, 0.717) is 28.8 Å². The Morgan fingerprint density at radius 3 is 2.79 bits per heavy atom. The van der Waals surface area contributed by atoms with Crippen molar-refractivity contribution >= 4 is 28.9 Å². The van der Waals surface area contributed by atoms with Gasteiger partial charge in [-0.2, -0.15) is 0 Å². The number of hydrogen-bond acceptors (Lipinski definition) is 5. The lowest BCUT2D eigenvalue weighted by Gasteiger charge is -2.19. The number of nitrogens with one attached hydrogen (secondary N) is 2. The van der Waals surface area contributed by atoms with Crippen LogP contribution in [0, 0.1) is 0 Å². The third kappa shape index (κ3) is 4.44. The van der Waals surface area contributed by atoms with E-state index in [-0.39, 0.29) is 12.0 Å². The predicted molar refractivity (Wildman–Crippen MR) is 111 cm³/mol. The fourth-order valence-corrected chi connectivity index (χ4v) is 3.32. The van der Waals surface area contributed by atoms with Crippen molar-refractivity contribution in [1.82, 2.24) is 0 Å². The topological polar surface area (TPSA) is 68.8 Å². The van der Waals surface area contributed by atoms with Crippen LogP contribution in [0.3, 0.4) is 0 Å². The molecule has 1 aliphatic heterocycles. The van der Waals surface area contributed by atoms with Gasteiger partial charge in [0.1, 0.15) is 29.4 Å². The molecular formula is C21H25ClN2O4. The number of halogens is 1. The molecule has 6 nitrogen and oxygen atoms in total. The molecule has 7 heteroatoms. The molecule has 0 unspecified atom stereocenters. The van der Waals surface area contributed by atoms with Gasteiger partial charge in [0.15, 0.2) is 0 Å². The van der Waals surface area contributed by atoms with Crippen LogP contribution in [0.4, 0.5) is 11.4 Å². The lowest BCUT2D eigenvalue weighted by Crippen LogP contribution is -2.32. The van der Waals surface area contributed by atoms with E-state index in [9.17, 15) is 4.79 Å². The Morgan fingerprint density at radius 2 is 2.07 bits per heavy atom. The number of carbonyl (C=O) groups is 1. The summed E-state index contributed by atoms with van der Waals surface area (Å²) in [6.07, 6.45) is 0.982. The molecule has 1 heterocycles. The number of carbonyl (C=O) groups excluding carboxylic acids is 1. The lowest BCUT2D eigenvalue weighted by molar-refractivity contribution is -0.116. The highest BCUT2D eigenvalue weighted by Crippen LogP contribution is 2.38. The van der Waals surface area contributed by atoms with Gasteiger partial charge in [-0.15, -0.1) is 0 Å². The highest BCUT2D eigenvalue weighted by atomic mass is 35.5. The second-order valence-corrected chi connectivity index (χ2v) is 7.16. The number of ether oxygens (including phenoxy) is 3. The zero-order valence-electron chi connectivity index (χ0n) is 16.5. The van der Waals surface area contributed by atoms with Gasteiger partial charge >= 0.3 is 0 Å². The van der Waals surface area contributed by atoms with Crippen molar-refractivity contribution < 1.29 is 19.0 Å². The SMILES string of the molecule is CCOc1cc2c(cc1N[C@@H](C)C(=O)Nc1cc(Cl)ccc1OC)O[C@@H](C)C2. The van der Waals surface area contributed by atoms with Crippen LogP contribution in [0.5, 0.6) is 17.2 Å². The molecule has 28 heavy (non-hydrogen) atoms. The number of benzene rings is 2. The summed E-state index contributed by atoms with van der Waals surface area (Å²) < 4.78 is 16.9. The molecule has 3 rings (SSSR count). The second kappa shape index (κ2) is 8.61. The van der Waals surface area contributed by atoms with E-state index in [4.69, 9.17) is 25.8 Å². The number of rotatable bonds is 7. The van der Waals surface area contributed by atoms with E-state index in [1.54, 1.807) is 32.2 Å². The minimum Gasteiger partial charge on any atom is -0.495 e. The van der Waals surface area contributed by atoms with E-state index >= 15 is 0 Å². The molecular weight excluding hydrogens is 380 g/mol. The number of methoxy groups -OCH3 is 1. The average Bonchev–Trinajstić information content (AvgIpc) is 3.01. The Labute approximate surface area is 170 Å². The summed E-state index contributed by atoms with van der Waals surface area (Å²) in [5.74, 6) is 1.85. The fourth-order valence-electron chi connectivity index (χ4n) is 3.14. The lowest BCUT2D eigenvalue weighted by atomic mass is 10.1. The van der Waals surface area contributed by atoms with Crippen LogP contribution < -0.4 is 24.8 Å². The van der Waals surface area contributed by atoms with Crippen LogP contribution in [0.25, 0.3) is 0 Å². The summed E-state index contributed by atoms with van der Waals surface area (Å²) in [5.41, 5.74) is 2.35. The van der Waals surface area contributed by atoms with Gasteiger partial charge in [-0.25, -0.2) is 0 Å². The van der Waals surface area contributed by atoms with Crippen molar-refractivity contribution in [3.05, 3.63) is 40.9 Å². The molecule has 2 aromatic rings. The van der Waals surface area contributed by atoms with Gasteiger partial charge in [-0.1, -0.05) is 11.6 Å². The zero-order chi connectivity index (χ0) is 20.3. The monoisotopic (exact) mass is 404 g/mol. The number of hydrogen-bond donors (Lipinski definition) is 2. The van der Waals surface area contributed by atoms with Crippen molar-refractivity contribution in [2.24, 2.45) is 0 Å². The molecule has 0 spiro atoms. The molecule has 2 atom stereocenters. The summed E-state index contributed by atoms with van der Waals surface area (Å²) in [5, 5.41) is 6.59. The molecule has 2 aromatic carbocycles. The van der Waals surface area contributed by atoms with Gasteiger partial charge in [0.2, 0.25) is 5.91 Å². The molecule has 0 saturated heterocycles. The van der Waals surface area contributed by atoms with Crippen molar-refractivity contribution in [3.8, 4) is 17.2 Å². The molecule has 0 fully saturated rings. The second-order valence-electron chi connectivity index (χ2n) is 6.72. The molecule has 0 aromatic heterocycles. The first-order chi connectivity index (χ1) is 13.4. The van der Waals surface area contributed by atoms with Crippen LogP contribution >= 0.6 is 11.6 Å². The highest BCUT2D eigenvalue weighted by Gasteiger charge is 2.23. The smallest absolute Gasteiger partial charge is 0.246 e. The number of anilines is 2. The largest absolute Gasteiger partial charge is 0.495 e. The highest BCUT2D eigenvalue weighted by molar-refractivity contribution is 6.31. The van der Waals surface area contributed by atoms with Gasteiger partial charge < -0.3 is 24.8 Å². The standard InChI is InChI=1S/C21H25ClN2O4/c1-5-27-20-9-14-8-12(2)28-19(14)11-17(20)23-13(3)21(25)24-16-10-15(22)6-7-18(16)26-4/h6-7,9-13,23H,5,8H2,1-4H3,(H,24,25)/t12-,13-/m0/s1. The predicted octanol–water partition coefficient (Wildman–Crippen LogP) is 4.51. The Hall–Kier alpha value is -2.60. The van der Waals surface area contributed by atoms with Crippen molar-refractivity contribution in [1.29, 1.82) is 0 Å². The first-order valence-corrected chi connectivity index (χ1v) is 9.66. The maximum atomic E-state index is 12.7. The van der Waals surface area contributed by atoms with Gasteiger partial charge in [-0.3, -0.25) is 4.79 Å². The quantitative estimate of drug-likeness (QED) is 0.710. The van der Waals surface area contributed by atoms with E-state index in [2.05, 4.69) is 10.6 Å². The van der Waals surface area contributed by atoms with Gasteiger partial charge in [0.05, 0.1) is 25.1 Å². The van der Waals surface area contributed by atoms with Gasteiger partial charge in [-0.05, 0) is 45.0 Å². The van der Waals surface area contributed by atoms with Crippen molar-refractivity contribution in [2.75, 3.05) is 24.4 Å². The zero-order valence-corrected chi connectivity index (χ0v) is 17.2. The van der Waals surface area contributed by atoms with Crippen molar-refractivity contribution in [3.63, 3.8) is 0 Å². The first-order valence-electron chi connectivity index (χ1n) is 9.28. The maximum absolute atomic E-state index is 12.7.